The van der Waals surface area contributed by atoms with Gasteiger partial charge in [0.05, 0.1) is 0 Å². The van der Waals surface area contributed by atoms with Crippen LogP contribution in [-0.4, -0.2) is 13.6 Å². The van der Waals surface area contributed by atoms with Crippen molar-refractivity contribution in [3.05, 3.63) is 34.6 Å². The largest absolute Gasteiger partial charge is 0.319 e. The normalized spacial score (nSPS) is 24.2. The van der Waals surface area contributed by atoms with Crippen molar-refractivity contribution >= 4 is 11.6 Å². The molecule has 88 valence electrons. The molecule has 0 spiro atoms. The minimum atomic E-state index is -0.125. The Kier molecular flexibility index (Phi) is 3.82. The number of halogens is 2. The summed E-state index contributed by atoms with van der Waals surface area (Å²) in [5.41, 5.74) is 0.762. The Balaban J connectivity index is 2.01. The molecule has 1 saturated carbocycles. The van der Waals surface area contributed by atoms with Crippen molar-refractivity contribution < 1.29 is 4.39 Å². The molecule has 0 heterocycles. The van der Waals surface area contributed by atoms with Crippen LogP contribution in [0.15, 0.2) is 18.2 Å². The highest BCUT2D eigenvalue weighted by Crippen LogP contribution is 2.37. The molecular formula is C13H17ClFN. The van der Waals surface area contributed by atoms with Gasteiger partial charge in [-0.05, 0) is 68.5 Å². The average molecular weight is 242 g/mol. The van der Waals surface area contributed by atoms with E-state index in [1.165, 1.54) is 18.9 Å². The molecule has 0 aliphatic heterocycles. The number of hydrogen-bond donors (Lipinski definition) is 1. The van der Waals surface area contributed by atoms with E-state index >= 15 is 0 Å². The molecule has 2 atom stereocenters. The van der Waals surface area contributed by atoms with Gasteiger partial charge in [-0.1, -0.05) is 11.6 Å². The summed E-state index contributed by atoms with van der Waals surface area (Å²) in [5.74, 6) is 1.18. The number of nitrogens with one attached hydrogen (secondary N) is 1. The first-order valence-corrected chi connectivity index (χ1v) is 6.17. The lowest BCUT2D eigenvalue weighted by Gasteiger charge is -2.36. The smallest absolute Gasteiger partial charge is 0.126 e. The van der Waals surface area contributed by atoms with Gasteiger partial charge in [0.2, 0.25) is 0 Å². The minimum Gasteiger partial charge on any atom is -0.319 e. The van der Waals surface area contributed by atoms with E-state index in [4.69, 9.17) is 11.6 Å². The third kappa shape index (κ3) is 2.55. The molecule has 0 aromatic heterocycles. The highest BCUT2D eigenvalue weighted by Gasteiger charge is 2.30. The molecule has 1 nitrogen and oxygen atoms in total. The van der Waals surface area contributed by atoms with E-state index in [0.717, 1.165) is 18.5 Å². The Morgan fingerprint density at radius 1 is 1.38 bits per heavy atom. The van der Waals surface area contributed by atoms with Crippen LogP contribution < -0.4 is 5.32 Å². The fraction of sp³-hybridized carbons (Fsp3) is 0.538. The Bertz CT molecular complexity index is 367. The molecule has 1 fully saturated rings. The maximum atomic E-state index is 13.5. The van der Waals surface area contributed by atoms with Crippen LogP contribution in [0.5, 0.6) is 0 Å². The van der Waals surface area contributed by atoms with Crippen molar-refractivity contribution in [1.82, 2.24) is 5.32 Å². The standard InChI is InChI=1S/C13H17ClFN/c1-16-8-10-3-2-9(10)6-11-7-12(14)4-5-13(11)15/h4-5,7,9-10,16H,2-3,6,8H2,1H3. The van der Waals surface area contributed by atoms with Crippen molar-refractivity contribution in [3.63, 3.8) is 0 Å². The number of benzene rings is 1. The van der Waals surface area contributed by atoms with Crippen LogP contribution in [0.3, 0.4) is 0 Å². The van der Waals surface area contributed by atoms with Crippen LogP contribution in [0.1, 0.15) is 18.4 Å². The molecule has 0 amide bonds. The van der Waals surface area contributed by atoms with Crippen LogP contribution >= 0.6 is 11.6 Å². The summed E-state index contributed by atoms with van der Waals surface area (Å²) in [7, 11) is 1.97. The van der Waals surface area contributed by atoms with Crippen LogP contribution in [0, 0.1) is 17.7 Å². The van der Waals surface area contributed by atoms with Gasteiger partial charge in [-0.25, -0.2) is 4.39 Å². The second-order valence-electron chi connectivity index (χ2n) is 4.60. The van der Waals surface area contributed by atoms with Crippen molar-refractivity contribution in [2.24, 2.45) is 11.8 Å². The molecule has 1 N–H and O–H groups in total. The van der Waals surface area contributed by atoms with E-state index in [1.807, 2.05) is 7.05 Å². The molecule has 2 unspecified atom stereocenters. The summed E-state index contributed by atoms with van der Waals surface area (Å²) >= 11 is 5.88. The van der Waals surface area contributed by atoms with Crippen LogP contribution in [0.2, 0.25) is 5.02 Å². The van der Waals surface area contributed by atoms with Crippen LogP contribution in [0.25, 0.3) is 0 Å². The second kappa shape index (κ2) is 5.15. The van der Waals surface area contributed by atoms with E-state index < -0.39 is 0 Å². The predicted molar refractivity (Wildman–Crippen MR) is 65.3 cm³/mol. The molecule has 1 aromatic carbocycles. The maximum Gasteiger partial charge on any atom is 0.126 e. The summed E-state index contributed by atoms with van der Waals surface area (Å²) in [6.45, 7) is 1.03. The van der Waals surface area contributed by atoms with E-state index in [9.17, 15) is 4.39 Å². The van der Waals surface area contributed by atoms with Crippen LogP contribution in [0.4, 0.5) is 4.39 Å². The molecule has 3 heteroatoms. The van der Waals surface area contributed by atoms with Gasteiger partial charge in [-0.15, -0.1) is 0 Å². The van der Waals surface area contributed by atoms with E-state index in [1.54, 1.807) is 12.1 Å². The molecule has 1 aliphatic rings. The van der Waals surface area contributed by atoms with Crippen molar-refractivity contribution in [2.45, 2.75) is 19.3 Å². The zero-order chi connectivity index (χ0) is 11.5. The topological polar surface area (TPSA) is 12.0 Å². The van der Waals surface area contributed by atoms with E-state index in [0.29, 0.717) is 16.9 Å². The zero-order valence-electron chi connectivity index (χ0n) is 9.47. The molecule has 1 aliphatic carbocycles. The predicted octanol–water partition coefficient (Wildman–Crippen LogP) is 3.27. The molecule has 0 radical (unpaired) electrons. The van der Waals surface area contributed by atoms with E-state index in [-0.39, 0.29) is 5.82 Å². The second-order valence-corrected chi connectivity index (χ2v) is 5.03. The molecule has 0 bridgehead atoms. The van der Waals surface area contributed by atoms with Gasteiger partial charge >= 0.3 is 0 Å². The fourth-order valence-electron chi connectivity index (χ4n) is 2.42. The Hall–Kier alpha value is -0.600. The van der Waals surface area contributed by atoms with Gasteiger partial charge in [0.1, 0.15) is 5.82 Å². The lowest BCUT2D eigenvalue weighted by atomic mass is 9.70. The van der Waals surface area contributed by atoms with Crippen molar-refractivity contribution in [3.8, 4) is 0 Å². The molecule has 0 saturated heterocycles. The Morgan fingerprint density at radius 2 is 2.12 bits per heavy atom. The van der Waals surface area contributed by atoms with Gasteiger partial charge in [0, 0.05) is 5.02 Å². The maximum absolute atomic E-state index is 13.5. The summed E-state index contributed by atoms with van der Waals surface area (Å²) in [5, 5.41) is 3.82. The van der Waals surface area contributed by atoms with Crippen molar-refractivity contribution in [1.29, 1.82) is 0 Å². The quantitative estimate of drug-likeness (QED) is 0.853. The Labute approximate surface area is 101 Å². The lowest BCUT2D eigenvalue weighted by Crippen LogP contribution is -2.35. The first-order chi connectivity index (χ1) is 7.70. The number of rotatable bonds is 4. The van der Waals surface area contributed by atoms with Crippen LogP contribution in [-0.2, 0) is 6.42 Å². The third-order valence-corrected chi connectivity index (χ3v) is 3.77. The van der Waals surface area contributed by atoms with Gasteiger partial charge in [0.25, 0.3) is 0 Å². The molecule has 2 rings (SSSR count). The molecular weight excluding hydrogens is 225 g/mol. The number of hydrogen-bond acceptors (Lipinski definition) is 1. The lowest BCUT2D eigenvalue weighted by molar-refractivity contribution is 0.172. The summed E-state index contributed by atoms with van der Waals surface area (Å²) in [4.78, 5) is 0. The minimum absolute atomic E-state index is 0.125. The summed E-state index contributed by atoms with van der Waals surface area (Å²) in [6, 6.07) is 4.82. The van der Waals surface area contributed by atoms with Gasteiger partial charge in [-0.3, -0.25) is 0 Å². The first-order valence-electron chi connectivity index (χ1n) is 5.79. The van der Waals surface area contributed by atoms with E-state index in [2.05, 4.69) is 5.32 Å². The Morgan fingerprint density at radius 3 is 2.75 bits per heavy atom. The van der Waals surface area contributed by atoms with Crippen molar-refractivity contribution in [2.75, 3.05) is 13.6 Å². The van der Waals surface area contributed by atoms with Gasteiger partial charge in [0.15, 0.2) is 0 Å². The first kappa shape index (κ1) is 11.9. The highest BCUT2D eigenvalue weighted by molar-refractivity contribution is 6.30. The fourth-order valence-corrected chi connectivity index (χ4v) is 2.61. The highest BCUT2D eigenvalue weighted by atomic mass is 35.5. The van der Waals surface area contributed by atoms with Gasteiger partial charge < -0.3 is 5.32 Å². The summed E-state index contributed by atoms with van der Waals surface area (Å²) < 4.78 is 13.5. The molecule has 16 heavy (non-hydrogen) atoms. The third-order valence-electron chi connectivity index (χ3n) is 3.53. The average Bonchev–Trinajstić information content (AvgIpc) is 2.25. The zero-order valence-corrected chi connectivity index (χ0v) is 10.2. The SMILES string of the molecule is CNCC1CCC1Cc1cc(Cl)ccc1F. The molecule has 1 aromatic rings. The van der Waals surface area contributed by atoms with Gasteiger partial charge in [-0.2, -0.15) is 0 Å². The summed E-state index contributed by atoms with van der Waals surface area (Å²) in [6.07, 6.45) is 3.28. The monoisotopic (exact) mass is 241 g/mol.